The van der Waals surface area contributed by atoms with E-state index in [1.807, 2.05) is 20.8 Å². The van der Waals surface area contributed by atoms with Crippen molar-refractivity contribution >= 4 is 46.0 Å². The summed E-state index contributed by atoms with van der Waals surface area (Å²) in [5, 5.41) is 11.0. The highest BCUT2D eigenvalue weighted by Gasteiger charge is 2.30. The molecule has 9 nitrogen and oxygen atoms in total. The van der Waals surface area contributed by atoms with E-state index in [0.717, 1.165) is 0 Å². The van der Waals surface area contributed by atoms with Crippen LogP contribution in [0.15, 0.2) is 40.4 Å². The summed E-state index contributed by atoms with van der Waals surface area (Å²) in [6.07, 6.45) is 1.72. The van der Waals surface area contributed by atoms with Crippen molar-refractivity contribution in [2.45, 2.75) is 50.9 Å². The third-order valence-corrected chi connectivity index (χ3v) is 6.01. The Labute approximate surface area is 183 Å². The lowest BCUT2D eigenvalue weighted by atomic mass is 10.1. The summed E-state index contributed by atoms with van der Waals surface area (Å²) in [7, 11) is 0. The largest absolute Gasteiger partial charge is 0.326 e. The number of amides is 2. The first-order valence-corrected chi connectivity index (χ1v) is 10.9. The van der Waals surface area contributed by atoms with E-state index < -0.39 is 0 Å². The molecule has 162 valence electrons. The maximum Gasteiger partial charge on any atom is 0.265 e. The van der Waals surface area contributed by atoms with Crippen LogP contribution in [0.25, 0.3) is 11.0 Å². The number of hydrogen-bond donors (Lipinski definition) is 2. The first kappa shape index (κ1) is 21.1. The van der Waals surface area contributed by atoms with Gasteiger partial charge in [-0.1, -0.05) is 11.8 Å². The van der Waals surface area contributed by atoms with E-state index in [0.29, 0.717) is 33.3 Å². The molecule has 2 N–H and O–H groups in total. The molecule has 2 amide bonds. The molecule has 0 aliphatic carbocycles. The Morgan fingerprint density at radius 2 is 1.81 bits per heavy atom. The second-order valence-electron chi connectivity index (χ2n) is 8.51. The average Bonchev–Trinajstić information content (AvgIpc) is 3.28. The molecule has 0 bridgehead atoms. The van der Waals surface area contributed by atoms with Crippen molar-refractivity contribution in [3.05, 3.63) is 40.8 Å². The van der Waals surface area contributed by atoms with Gasteiger partial charge in [-0.15, -0.1) is 0 Å². The van der Waals surface area contributed by atoms with Gasteiger partial charge in [-0.25, -0.2) is 9.67 Å². The van der Waals surface area contributed by atoms with E-state index in [-0.39, 0.29) is 35.4 Å². The fraction of sp³-hybridized carbons (Fsp3) is 0.381. The third-order valence-electron chi connectivity index (χ3n) is 4.92. The van der Waals surface area contributed by atoms with Crippen molar-refractivity contribution in [2.24, 2.45) is 0 Å². The number of hydrogen-bond acceptors (Lipinski definition) is 6. The van der Waals surface area contributed by atoms with E-state index >= 15 is 0 Å². The van der Waals surface area contributed by atoms with Gasteiger partial charge in [0.2, 0.25) is 11.8 Å². The van der Waals surface area contributed by atoms with E-state index in [9.17, 15) is 14.4 Å². The van der Waals surface area contributed by atoms with Crippen LogP contribution in [0.5, 0.6) is 0 Å². The van der Waals surface area contributed by atoms with Crippen molar-refractivity contribution in [1.82, 2.24) is 19.3 Å². The Balaban J connectivity index is 1.52. The van der Waals surface area contributed by atoms with E-state index in [2.05, 4.69) is 20.7 Å². The van der Waals surface area contributed by atoms with Crippen LogP contribution in [0.3, 0.4) is 0 Å². The zero-order chi connectivity index (χ0) is 22.3. The fourth-order valence-corrected chi connectivity index (χ4v) is 4.67. The van der Waals surface area contributed by atoms with Crippen LogP contribution < -0.4 is 16.2 Å². The van der Waals surface area contributed by atoms with Crippen molar-refractivity contribution in [1.29, 1.82) is 0 Å². The minimum absolute atomic E-state index is 0.157. The molecular formula is C21H24N6O3S. The number of thioether (sulfide) groups is 1. The normalized spacial score (nSPS) is 15.7. The number of anilines is 2. The van der Waals surface area contributed by atoms with Gasteiger partial charge in [0.15, 0.2) is 10.8 Å². The average molecular weight is 441 g/mol. The molecule has 0 spiro atoms. The summed E-state index contributed by atoms with van der Waals surface area (Å²) in [5.74, 6) is 0.255. The smallest absolute Gasteiger partial charge is 0.265 e. The molecule has 31 heavy (non-hydrogen) atoms. The quantitative estimate of drug-likeness (QED) is 0.604. The summed E-state index contributed by atoms with van der Waals surface area (Å²) < 4.78 is 3.37. The highest BCUT2D eigenvalue weighted by Crippen LogP contribution is 2.34. The van der Waals surface area contributed by atoms with E-state index in [1.54, 1.807) is 39.7 Å². The molecule has 2 aromatic heterocycles. The Morgan fingerprint density at radius 1 is 1.16 bits per heavy atom. The molecule has 1 aromatic carbocycles. The second-order valence-corrected chi connectivity index (χ2v) is 9.50. The fourth-order valence-electron chi connectivity index (χ4n) is 3.54. The van der Waals surface area contributed by atoms with Gasteiger partial charge < -0.3 is 10.6 Å². The van der Waals surface area contributed by atoms with Crippen LogP contribution in [0.1, 0.15) is 40.2 Å². The van der Waals surface area contributed by atoms with Crippen LogP contribution in [0.2, 0.25) is 0 Å². The number of rotatable bonds is 4. The Bertz CT molecular complexity index is 1220. The van der Waals surface area contributed by atoms with Gasteiger partial charge in [-0.2, -0.15) is 5.10 Å². The molecule has 0 saturated heterocycles. The molecule has 1 aliphatic rings. The summed E-state index contributed by atoms with van der Waals surface area (Å²) in [5.41, 5.74) is 1.39. The molecular weight excluding hydrogens is 416 g/mol. The number of nitrogens with one attached hydrogen (secondary N) is 2. The standard InChI is InChI=1S/C21H24N6O3S/c1-12(28)23-13-5-7-14(8-6-13)24-17(29)9-15-11-31-20-25-18-16(19(30)26(15)20)10-22-27(18)21(2,3)4/h5-8,10,15H,9,11H2,1-4H3,(H,23,28)(H,24,29). The summed E-state index contributed by atoms with van der Waals surface area (Å²) >= 11 is 1.47. The number of benzene rings is 1. The molecule has 4 rings (SSSR count). The lowest BCUT2D eigenvalue weighted by molar-refractivity contribution is -0.117. The van der Waals surface area contributed by atoms with Gasteiger partial charge in [-0.3, -0.25) is 19.0 Å². The number of carbonyl (C=O) groups is 2. The Kier molecular flexibility index (Phi) is 5.34. The monoisotopic (exact) mass is 440 g/mol. The highest BCUT2D eigenvalue weighted by molar-refractivity contribution is 7.99. The van der Waals surface area contributed by atoms with Gasteiger partial charge in [0, 0.05) is 30.5 Å². The molecule has 0 fully saturated rings. The van der Waals surface area contributed by atoms with Crippen molar-refractivity contribution in [3.63, 3.8) is 0 Å². The zero-order valence-corrected chi connectivity index (χ0v) is 18.6. The van der Waals surface area contributed by atoms with Gasteiger partial charge >= 0.3 is 0 Å². The topological polar surface area (TPSA) is 111 Å². The molecule has 3 aromatic rings. The molecule has 1 unspecified atom stereocenters. The van der Waals surface area contributed by atoms with Gasteiger partial charge in [-0.05, 0) is 45.0 Å². The molecule has 0 radical (unpaired) electrons. The first-order chi connectivity index (χ1) is 14.6. The maximum atomic E-state index is 13.1. The van der Waals surface area contributed by atoms with Crippen LogP contribution in [0.4, 0.5) is 11.4 Å². The van der Waals surface area contributed by atoms with Gasteiger partial charge in [0.25, 0.3) is 5.56 Å². The number of aromatic nitrogens is 4. The minimum Gasteiger partial charge on any atom is -0.326 e. The Hall–Kier alpha value is -3.14. The summed E-state index contributed by atoms with van der Waals surface area (Å²) in [6, 6.07) is 6.60. The predicted molar refractivity (Wildman–Crippen MR) is 121 cm³/mol. The summed E-state index contributed by atoms with van der Waals surface area (Å²) in [4.78, 5) is 41.5. The molecule has 1 atom stereocenters. The summed E-state index contributed by atoms with van der Waals surface area (Å²) in [6.45, 7) is 7.46. The number of nitrogens with zero attached hydrogens (tertiary/aromatic N) is 4. The molecule has 1 aliphatic heterocycles. The lowest BCUT2D eigenvalue weighted by Gasteiger charge is -2.20. The number of carbonyl (C=O) groups excluding carboxylic acids is 2. The Morgan fingerprint density at radius 3 is 2.42 bits per heavy atom. The van der Waals surface area contributed by atoms with E-state index in [4.69, 9.17) is 0 Å². The number of fused-ring (bicyclic) bond motifs is 2. The van der Waals surface area contributed by atoms with Gasteiger partial charge in [0.05, 0.1) is 17.8 Å². The second kappa shape index (κ2) is 7.84. The lowest BCUT2D eigenvalue weighted by Crippen LogP contribution is -2.29. The zero-order valence-electron chi connectivity index (χ0n) is 17.8. The first-order valence-electron chi connectivity index (χ1n) is 9.94. The van der Waals surface area contributed by atoms with E-state index in [1.165, 1.54) is 18.7 Å². The van der Waals surface area contributed by atoms with Crippen LogP contribution >= 0.6 is 11.8 Å². The third kappa shape index (κ3) is 4.20. The highest BCUT2D eigenvalue weighted by atomic mass is 32.2. The molecule has 0 saturated carbocycles. The SMILES string of the molecule is CC(=O)Nc1ccc(NC(=O)CC2CSc3nc4c(cnn4C(C)(C)C)c(=O)n32)cc1. The predicted octanol–water partition coefficient (Wildman–Crippen LogP) is 2.98. The van der Waals surface area contributed by atoms with Crippen molar-refractivity contribution < 1.29 is 9.59 Å². The van der Waals surface area contributed by atoms with Crippen LogP contribution in [-0.2, 0) is 15.1 Å². The maximum absolute atomic E-state index is 13.1. The minimum atomic E-state index is -0.294. The van der Waals surface area contributed by atoms with Crippen molar-refractivity contribution in [3.8, 4) is 0 Å². The van der Waals surface area contributed by atoms with Crippen LogP contribution in [-0.4, -0.2) is 36.9 Å². The van der Waals surface area contributed by atoms with Crippen molar-refractivity contribution in [2.75, 3.05) is 16.4 Å². The van der Waals surface area contributed by atoms with Gasteiger partial charge in [0.1, 0.15) is 5.39 Å². The molecule has 3 heterocycles. The van der Waals surface area contributed by atoms with Crippen LogP contribution in [0, 0.1) is 0 Å². The molecule has 10 heteroatoms.